The Morgan fingerprint density at radius 2 is 2.00 bits per heavy atom. The van der Waals surface area contributed by atoms with Gasteiger partial charge in [-0.15, -0.1) is 0 Å². The molecule has 3 rings (SSSR count). The fourth-order valence-electron chi connectivity index (χ4n) is 2.43. The summed E-state index contributed by atoms with van der Waals surface area (Å²) in [4.78, 5) is 16.1. The zero-order chi connectivity index (χ0) is 14.8. The molecule has 1 N–H and O–H groups in total. The smallest absolute Gasteiger partial charge is 0.246 e. The standard InChI is InChI=1S/C17H15FN2O/c1-2-11-7-8-15-13(9-11)17(19-10-16(21)20-15)12-5-3-4-6-14(12)18/h3-9H,2,10H2,1H3,(H,20,21). The molecule has 0 unspecified atom stereocenters. The van der Waals surface area contributed by atoms with E-state index < -0.39 is 0 Å². The van der Waals surface area contributed by atoms with Gasteiger partial charge in [-0.25, -0.2) is 4.39 Å². The molecule has 0 bridgehead atoms. The van der Waals surface area contributed by atoms with Gasteiger partial charge in [0.1, 0.15) is 12.4 Å². The summed E-state index contributed by atoms with van der Waals surface area (Å²) in [5.74, 6) is -0.523. The number of nitrogens with one attached hydrogen (secondary N) is 1. The summed E-state index contributed by atoms with van der Waals surface area (Å²) in [6.45, 7) is 2.05. The molecule has 21 heavy (non-hydrogen) atoms. The lowest BCUT2D eigenvalue weighted by Gasteiger charge is -2.12. The second-order valence-corrected chi connectivity index (χ2v) is 4.93. The van der Waals surface area contributed by atoms with Crippen molar-refractivity contribution < 1.29 is 9.18 Å². The fraction of sp³-hybridized carbons (Fsp3) is 0.176. The van der Waals surface area contributed by atoms with Gasteiger partial charge in [0.05, 0.1) is 11.4 Å². The highest BCUT2D eigenvalue weighted by molar-refractivity contribution is 6.19. The van der Waals surface area contributed by atoms with Crippen molar-refractivity contribution in [3.8, 4) is 0 Å². The van der Waals surface area contributed by atoms with Crippen LogP contribution in [0.4, 0.5) is 10.1 Å². The number of benzene rings is 2. The molecule has 0 radical (unpaired) electrons. The molecule has 1 aliphatic heterocycles. The largest absolute Gasteiger partial charge is 0.324 e. The number of nitrogens with zero attached hydrogens (tertiary/aromatic N) is 1. The number of hydrogen-bond donors (Lipinski definition) is 1. The lowest BCUT2D eigenvalue weighted by Crippen LogP contribution is -2.13. The van der Waals surface area contributed by atoms with Crippen molar-refractivity contribution in [2.75, 3.05) is 11.9 Å². The second kappa shape index (κ2) is 5.48. The highest BCUT2D eigenvalue weighted by Crippen LogP contribution is 2.25. The van der Waals surface area contributed by atoms with Crippen molar-refractivity contribution in [2.45, 2.75) is 13.3 Å². The molecular formula is C17H15FN2O. The molecule has 0 spiro atoms. The van der Waals surface area contributed by atoms with Gasteiger partial charge in [-0.05, 0) is 36.2 Å². The number of benzodiazepines with no additional fused rings is 1. The molecule has 0 fully saturated rings. The Kier molecular flexibility index (Phi) is 3.52. The van der Waals surface area contributed by atoms with Crippen LogP contribution in [0.15, 0.2) is 47.5 Å². The van der Waals surface area contributed by atoms with Crippen LogP contribution >= 0.6 is 0 Å². The number of aliphatic imine (C=N–C) groups is 1. The Hall–Kier alpha value is -2.49. The van der Waals surface area contributed by atoms with Gasteiger partial charge in [0.2, 0.25) is 5.91 Å². The minimum Gasteiger partial charge on any atom is -0.324 e. The van der Waals surface area contributed by atoms with Crippen LogP contribution in [0.2, 0.25) is 0 Å². The van der Waals surface area contributed by atoms with E-state index in [2.05, 4.69) is 17.2 Å². The van der Waals surface area contributed by atoms with E-state index in [4.69, 9.17) is 0 Å². The molecule has 1 amide bonds. The third-order valence-electron chi connectivity index (χ3n) is 3.53. The Balaban J connectivity index is 2.21. The summed E-state index contributed by atoms with van der Waals surface area (Å²) in [5.41, 5.74) is 3.51. The van der Waals surface area contributed by atoms with Crippen molar-refractivity contribution >= 4 is 17.3 Å². The molecule has 106 valence electrons. The van der Waals surface area contributed by atoms with Gasteiger partial charge >= 0.3 is 0 Å². The third-order valence-corrected chi connectivity index (χ3v) is 3.53. The van der Waals surface area contributed by atoms with Crippen LogP contribution in [0.1, 0.15) is 23.6 Å². The van der Waals surface area contributed by atoms with Crippen LogP contribution in [0.25, 0.3) is 0 Å². The number of rotatable bonds is 2. The Labute approximate surface area is 122 Å². The number of aryl methyl sites for hydroxylation is 1. The molecule has 4 heteroatoms. The van der Waals surface area contributed by atoms with Crippen LogP contribution < -0.4 is 5.32 Å². The quantitative estimate of drug-likeness (QED) is 0.903. The third kappa shape index (κ3) is 2.57. The fourth-order valence-corrected chi connectivity index (χ4v) is 2.43. The number of fused-ring (bicyclic) bond motifs is 1. The lowest BCUT2D eigenvalue weighted by atomic mass is 9.97. The molecule has 0 saturated carbocycles. The van der Waals surface area contributed by atoms with E-state index in [-0.39, 0.29) is 18.3 Å². The number of halogens is 1. The number of carbonyl (C=O) groups excluding carboxylic acids is 1. The van der Waals surface area contributed by atoms with Crippen LogP contribution in [0.5, 0.6) is 0 Å². The van der Waals surface area contributed by atoms with Gasteiger partial charge in [-0.1, -0.05) is 25.1 Å². The van der Waals surface area contributed by atoms with Crippen molar-refractivity contribution in [1.82, 2.24) is 0 Å². The molecule has 0 atom stereocenters. The van der Waals surface area contributed by atoms with Crippen molar-refractivity contribution in [1.29, 1.82) is 0 Å². The topological polar surface area (TPSA) is 41.5 Å². The van der Waals surface area contributed by atoms with Crippen molar-refractivity contribution in [3.63, 3.8) is 0 Å². The van der Waals surface area contributed by atoms with Crippen LogP contribution in [0, 0.1) is 5.82 Å². The Morgan fingerprint density at radius 1 is 1.19 bits per heavy atom. The normalized spacial score (nSPS) is 14.0. The van der Waals surface area contributed by atoms with E-state index >= 15 is 0 Å². The van der Waals surface area contributed by atoms with Gasteiger partial charge in [0, 0.05) is 11.1 Å². The maximum Gasteiger partial charge on any atom is 0.246 e. The summed E-state index contributed by atoms with van der Waals surface area (Å²) in [6, 6.07) is 12.3. The van der Waals surface area contributed by atoms with Gasteiger partial charge < -0.3 is 5.32 Å². The van der Waals surface area contributed by atoms with Gasteiger partial charge in [-0.3, -0.25) is 9.79 Å². The lowest BCUT2D eigenvalue weighted by molar-refractivity contribution is -0.114. The Morgan fingerprint density at radius 3 is 2.76 bits per heavy atom. The molecule has 2 aromatic rings. The molecular weight excluding hydrogens is 267 g/mol. The number of anilines is 1. The summed E-state index contributed by atoms with van der Waals surface area (Å²) in [5, 5.41) is 2.82. The van der Waals surface area contributed by atoms with E-state index in [0.717, 1.165) is 17.5 Å². The van der Waals surface area contributed by atoms with Gasteiger partial charge in [0.15, 0.2) is 0 Å². The number of carbonyl (C=O) groups is 1. The summed E-state index contributed by atoms with van der Waals surface area (Å²) in [6.07, 6.45) is 0.867. The average molecular weight is 282 g/mol. The summed E-state index contributed by atoms with van der Waals surface area (Å²) in [7, 11) is 0. The van der Waals surface area contributed by atoms with Gasteiger partial charge in [-0.2, -0.15) is 0 Å². The first kappa shape index (κ1) is 13.5. The zero-order valence-corrected chi connectivity index (χ0v) is 11.7. The van der Waals surface area contributed by atoms with Gasteiger partial charge in [0.25, 0.3) is 0 Å². The van der Waals surface area contributed by atoms with E-state index in [1.54, 1.807) is 18.2 Å². The van der Waals surface area contributed by atoms with Crippen molar-refractivity contribution in [3.05, 3.63) is 65.0 Å². The Bertz CT molecular complexity index is 737. The zero-order valence-electron chi connectivity index (χ0n) is 11.7. The summed E-state index contributed by atoms with van der Waals surface area (Å²) >= 11 is 0. The van der Waals surface area contributed by atoms with E-state index in [1.807, 2.05) is 18.2 Å². The molecule has 1 heterocycles. The number of amides is 1. The predicted octanol–water partition coefficient (Wildman–Crippen LogP) is 3.18. The predicted molar refractivity (Wildman–Crippen MR) is 81.4 cm³/mol. The van der Waals surface area contributed by atoms with Crippen molar-refractivity contribution in [2.24, 2.45) is 4.99 Å². The molecule has 1 aliphatic rings. The molecule has 2 aromatic carbocycles. The summed E-state index contributed by atoms with van der Waals surface area (Å²) < 4.78 is 14.1. The van der Waals surface area contributed by atoms with Crippen LogP contribution in [-0.2, 0) is 11.2 Å². The van der Waals surface area contributed by atoms with E-state index in [0.29, 0.717) is 17.0 Å². The highest BCUT2D eigenvalue weighted by Gasteiger charge is 2.20. The van der Waals surface area contributed by atoms with Crippen LogP contribution in [0.3, 0.4) is 0 Å². The first-order valence-corrected chi connectivity index (χ1v) is 6.91. The maximum absolute atomic E-state index is 14.1. The highest BCUT2D eigenvalue weighted by atomic mass is 19.1. The van der Waals surface area contributed by atoms with Crippen LogP contribution in [-0.4, -0.2) is 18.2 Å². The number of hydrogen-bond acceptors (Lipinski definition) is 2. The van der Waals surface area contributed by atoms with E-state index in [1.165, 1.54) is 6.07 Å². The first-order chi connectivity index (χ1) is 10.2. The second-order valence-electron chi connectivity index (χ2n) is 4.93. The first-order valence-electron chi connectivity index (χ1n) is 6.91. The molecule has 0 aromatic heterocycles. The molecule has 0 aliphatic carbocycles. The van der Waals surface area contributed by atoms with E-state index in [9.17, 15) is 9.18 Å². The minimum atomic E-state index is -0.335. The maximum atomic E-state index is 14.1. The minimum absolute atomic E-state index is 0.000193. The SMILES string of the molecule is CCc1ccc2c(c1)C(c1ccccc1F)=NCC(=O)N2. The average Bonchev–Trinajstić information content (AvgIpc) is 2.65. The monoisotopic (exact) mass is 282 g/mol. The molecule has 3 nitrogen and oxygen atoms in total. The molecule has 0 saturated heterocycles.